The van der Waals surface area contributed by atoms with Crippen molar-refractivity contribution in [3.63, 3.8) is 0 Å². The highest BCUT2D eigenvalue weighted by Crippen LogP contribution is 2.62. The third kappa shape index (κ3) is 2.98. The summed E-state index contributed by atoms with van der Waals surface area (Å²) in [5.41, 5.74) is 0. The maximum Gasteiger partial charge on any atom is 0.445 e. The topological polar surface area (TPSA) is 24.9 Å². The standard InChI is InChI=1S/C10HF17N2O2/c11-1-2(28-3(12,13)7(20,21)30-8(22,23)4(28,14)15)29-5(16,17)9(24,25)31-10(26,27)6(29,18)19/h1H. The Morgan fingerprint density at radius 3 is 0.806 bits per heavy atom. The van der Waals surface area contributed by atoms with Gasteiger partial charge in [0.1, 0.15) is 6.33 Å². The van der Waals surface area contributed by atoms with E-state index in [1.165, 1.54) is 0 Å². The van der Waals surface area contributed by atoms with Gasteiger partial charge in [0.15, 0.2) is 5.82 Å². The molecule has 0 spiro atoms. The van der Waals surface area contributed by atoms with E-state index in [4.69, 9.17) is 0 Å². The van der Waals surface area contributed by atoms with Gasteiger partial charge in [-0.1, -0.05) is 0 Å². The number of hydrogen-bond donors (Lipinski definition) is 0. The second-order valence-electron chi connectivity index (χ2n) is 5.57. The third-order valence-corrected chi connectivity index (χ3v) is 3.59. The van der Waals surface area contributed by atoms with Crippen LogP contribution in [0, 0.1) is 0 Å². The van der Waals surface area contributed by atoms with Crippen molar-refractivity contribution in [3.8, 4) is 0 Å². The fraction of sp³-hybridized carbons (Fsp3) is 0.800. The number of halogens is 17. The van der Waals surface area contributed by atoms with Crippen molar-refractivity contribution in [1.82, 2.24) is 9.80 Å². The number of alkyl halides is 16. The summed E-state index contributed by atoms with van der Waals surface area (Å²) in [5, 5.41) is 0. The Morgan fingerprint density at radius 2 is 0.645 bits per heavy atom. The van der Waals surface area contributed by atoms with Crippen molar-refractivity contribution in [1.29, 1.82) is 0 Å². The lowest BCUT2D eigenvalue weighted by Crippen LogP contribution is -2.79. The summed E-state index contributed by atoms with van der Waals surface area (Å²) >= 11 is 0. The maximum atomic E-state index is 13.7. The van der Waals surface area contributed by atoms with Crippen LogP contribution in [0.5, 0.6) is 0 Å². The Kier molecular flexibility index (Phi) is 4.98. The number of nitrogens with zero attached hydrogens (tertiary/aromatic N) is 2. The summed E-state index contributed by atoms with van der Waals surface area (Å²) in [5.74, 6) is -4.34. The molecule has 2 rings (SSSR count). The molecule has 2 aliphatic rings. The first kappa shape index (κ1) is 25.3. The fourth-order valence-corrected chi connectivity index (χ4v) is 2.21. The van der Waals surface area contributed by atoms with Gasteiger partial charge < -0.3 is 0 Å². The summed E-state index contributed by atoms with van der Waals surface area (Å²) in [6.07, 6.45) is -30.2. The molecule has 0 radical (unpaired) electrons. The molecule has 2 heterocycles. The van der Waals surface area contributed by atoms with Crippen LogP contribution >= 0.6 is 0 Å². The normalized spacial score (nSPS) is 31.1. The lowest BCUT2D eigenvalue weighted by molar-refractivity contribution is -0.579. The molecule has 31 heavy (non-hydrogen) atoms. The summed E-state index contributed by atoms with van der Waals surface area (Å²) < 4.78 is 231. The molecular weight excluding hydrogens is 503 g/mol. The minimum atomic E-state index is -7.20. The van der Waals surface area contributed by atoms with Crippen LogP contribution in [0.1, 0.15) is 0 Å². The van der Waals surface area contributed by atoms with Gasteiger partial charge in [-0.05, 0) is 0 Å². The van der Waals surface area contributed by atoms with E-state index in [2.05, 4.69) is 0 Å². The van der Waals surface area contributed by atoms with Crippen LogP contribution in [0.3, 0.4) is 0 Å². The first-order chi connectivity index (χ1) is 13.4. The number of hydrogen-bond acceptors (Lipinski definition) is 4. The predicted octanol–water partition coefficient (Wildman–Crippen LogP) is 5.16. The summed E-state index contributed by atoms with van der Waals surface area (Å²) in [6, 6.07) is -28.8. The molecule has 0 atom stereocenters. The van der Waals surface area contributed by atoms with Crippen molar-refractivity contribution < 1.29 is 84.1 Å². The van der Waals surface area contributed by atoms with Crippen molar-refractivity contribution in [2.24, 2.45) is 0 Å². The molecule has 0 amide bonds. The molecule has 0 aromatic rings. The van der Waals surface area contributed by atoms with Crippen molar-refractivity contribution in [2.45, 2.75) is 48.6 Å². The van der Waals surface area contributed by atoms with Gasteiger partial charge in [0.25, 0.3) is 0 Å². The second-order valence-corrected chi connectivity index (χ2v) is 5.57. The van der Waals surface area contributed by atoms with Gasteiger partial charge in [0.05, 0.1) is 0 Å². The van der Waals surface area contributed by atoms with E-state index in [0.29, 0.717) is 0 Å². The van der Waals surface area contributed by atoms with Crippen LogP contribution in [0.15, 0.2) is 12.2 Å². The highest BCUT2D eigenvalue weighted by molar-refractivity contribution is 5.14. The predicted molar refractivity (Wildman–Crippen MR) is 54.6 cm³/mol. The lowest BCUT2D eigenvalue weighted by Gasteiger charge is -2.54. The minimum absolute atomic E-state index is 1.82. The number of morpholine rings is 2. The van der Waals surface area contributed by atoms with Gasteiger partial charge in [0, 0.05) is 0 Å². The van der Waals surface area contributed by atoms with Gasteiger partial charge >= 0.3 is 48.6 Å². The van der Waals surface area contributed by atoms with E-state index in [-0.39, 0.29) is 0 Å². The zero-order valence-electron chi connectivity index (χ0n) is 13.2. The Bertz CT molecular complexity index is 665. The monoisotopic (exact) mass is 504 g/mol. The highest BCUT2D eigenvalue weighted by Gasteiger charge is 2.88. The van der Waals surface area contributed by atoms with Gasteiger partial charge in [-0.15, -0.1) is 0 Å². The van der Waals surface area contributed by atoms with E-state index >= 15 is 0 Å². The van der Waals surface area contributed by atoms with Crippen LogP contribution in [0.4, 0.5) is 74.6 Å². The summed E-state index contributed by atoms with van der Waals surface area (Å²) in [4.78, 5) is -7.05. The highest BCUT2D eigenvalue weighted by atomic mass is 19.4. The van der Waals surface area contributed by atoms with Crippen molar-refractivity contribution >= 4 is 0 Å². The molecule has 4 nitrogen and oxygen atoms in total. The Labute approximate surface area is 156 Å². The fourth-order valence-electron chi connectivity index (χ4n) is 2.21. The smallest absolute Gasteiger partial charge is 0.242 e. The lowest BCUT2D eigenvalue weighted by atomic mass is 10.2. The van der Waals surface area contributed by atoms with Crippen LogP contribution in [-0.4, -0.2) is 58.4 Å². The van der Waals surface area contributed by atoms with Crippen LogP contribution in [-0.2, 0) is 9.47 Å². The molecule has 182 valence electrons. The summed E-state index contributed by atoms with van der Waals surface area (Å²) in [6.45, 7) is 0. The van der Waals surface area contributed by atoms with E-state index < -0.39 is 70.6 Å². The number of ether oxygens (including phenoxy) is 2. The quantitative estimate of drug-likeness (QED) is 0.384. The molecule has 0 saturated carbocycles. The number of rotatable bonds is 2. The van der Waals surface area contributed by atoms with Gasteiger partial charge in [-0.2, -0.15) is 70.2 Å². The zero-order valence-corrected chi connectivity index (χ0v) is 13.2. The SMILES string of the molecule is FC=C(N1C(F)(F)C(F)(F)OC(F)(F)C1(F)F)N1C(F)(F)C(F)(F)OC(F)(F)C1(F)F. The van der Waals surface area contributed by atoms with Crippen LogP contribution in [0.2, 0.25) is 0 Å². The molecule has 0 N–H and O–H groups in total. The first-order valence-corrected chi connectivity index (χ1v) is 6.69. The van der Waals surface area contributed by atoms with Crippen LogP contribution < -0.4 is 0 Å². The third-order valence-electron chi connectivity index (χ3n) is 3.59. The second kappa shape index (κ2) is 6.10. The minimum Gasteiger partial charge on any atom is -0.242 e. The Hall–Kier alpha value is -1.93. The molecule has 0 aromatic carbocycles. The van der Waals surface area contributed by atoms with Crippen molar-refractivity contribution in [3.05, 3.63) is 12.2 Å². The molecule has 2 fully saturated rings. The molecule has 0 aliphatic carbocycles. The maximum absolute atomic E-state index is 13.7. The molecule has 0 aromatic heterocycles. The van der Waals surface area contributed by atoms with E-state index in [9.17, 15) is 74.6 Å². The van der Waals surface area contributed by atoms with Crippen LogP contribution in [0.25, 0.3) is 0 Å². The van der Waals surface area contributed by atoms with E-state index in [1.807, 2.05) is 9.47 Å². The zero-order chi connectivity index (χ0) is 24.9. The van der Waals surface area contributed by atoms with E-state index in [0.717, 1.165) is 0 Å². The first-order valence-electron chi connectivity index (χ1n) is 6.69. The summed E-state index contributed by atoms with van der Waals surface area (Å²) in [7, 11) is 0. The Balaban J connectivity index is 2.88. The van der Waals surface area contributed by atoms with Gasteiger partial charge in [0.2, 0.25) is 0 Å². The van der Waals surface area contributed by atoms with Crippen molar-refractivity contribution in [2.75, 3.05) is 0 Å². The molecule has 0 unspecified atom stereocenters. The molecule has 2 saturated heterocycles. The van der Waals surface area contributed by atoms with E-state index in [1.54, 1.807) is 0 Å². The average molecular weight is 504 g/mol. The van der Waals surface area contributed by atoms with Gasteiger partial charge in [-0.3, -0.25) is 0 Å². The average Bonchev–Trinajstić information content (AvgIpc) is 2.48. The largest absolute Gasteiger partial charge is 0.445 e. The molecule has 21 heteroatoms. The molecule has 0 bridgehead atoms. The Morgan fingerprint density at radius 1 is 0.452 bits per heavy atom. The molecular formula is C10HF17N2O2. The molecule has 2 aliphatic heterocycles. The van der Waals surface area contributed by atoms with Gasteiger partial charge in [-0.25, -0.2) is 23.7 Å².